The predicted octanol–water partition coefficient (Wildman–Crippen LogP) is 0.952. The Morgan fingerprint density at radius 1 is 1.31 bits per heavy atom. The van der Waals surface area contributed by atoms with E-state index in [1.165, 1.54) is 0 Å². The zero-order valence-corrected chi connectivity index (χ0v) is 11.4. The highest BCUT2D eigenvalue weighted by molar-refractivity contribution is 7.89. The van der Waals surface area contributed by atoms with Crippen molar-refractivity contribution >= 4 is 10.0 Å². The van der Waals surface area contributed by atoms with Gasteiger partial charge in [-0.05, 0) is 44.2 Å². The van der Waals surface area contributed by atoms with E-state index in [0.717, 1.165) is 25.8 Å². The van der Waals surface area contributed by atoms with Crippen LogP contribution < -0.4 is 10.0 Å². The van der Waals surface area contributed by atoms with Crippen LogP contribution in [0.1, 0.15) is 33.1 Å². The molecule has 96 valence electrons. The fourth-order valence-electron chi connectivity index (χ4n) is 1.82. The number of sulfonamides is 1. The molecule has 1 aliphatic carbocycles. The topological polar surface area (TPSA) is 58.2 Å². The summed E-state index contributed by atoms with van der Waals surface area (Å²) < 4.78 is 25.9. The van der Waals surface area contributed by atoms with E-state index in [2.05, 4.69) is 23.9 Å². The van der Waals surface area contributed by atoms with Crippen LogP contribution in [0.3, 0.4) is 0 Å². The van der Waals surface area contributed by atoms with Gasteiger partial charge in [0, 0.05) is 6.54 Å². The lowest BCUT2D eigenvalue weighted by atomic mass is 10.1. The van der Waals surface area contributed by atoms with Gasteiger partial charge in [-0.15, -0.1) is 0 Å². The summed E-state index contributed by atoms with van der Waals surface area (Å²) in [5.41, 5.74) is 0.342. The molecule has 1 saturated carbocycles. The van der Waals surface area contributed by atoms with E-state index in [-0.39, 0.29) is 5.75 Å². The molecule has 1 unspecified atom stereocenters. The van der Waals surface area contributed by atoms with E-state index in [1.807, 2.05) is 7.05 Å². The predicted molar refractivity (Wildman–Crippen MR) is 66.8 cm³/mol. The normalized spacial score (nSPS) is 23.3. The summed E-state index contributed by atoms with van der Waals surface area (Å²) in [6.07, 6.45) is 2.77. The Morgan fingerprint density at radius 2 is 1.94 bits per heavy atom. The molecule has 1 rings (SSSR count). The molecule has 0 heterocycles. The van der Waals surface area contributed by atoms with Crippen LogP contribution in [-0.4, -0.2) is 34.3 Å². The summed E-state index contributed by atoms with van der Waals surface area (Å²) in [4.78, 5) is 0. The van der Waals surface area contributed by atoms with Gasteiger partial charge in [0.15, 0.2) is 0 Å². The Labute approximate surface area is 99.2 Å². The lowest BCUT2D eigenvalue weighted by Gasteiger charge is -2.07. The van der Waals surface area contributed by atoms with Gasteiger partial charge < -0.3 is 5.32 Å². The lowest BCUT2D eigenvalue weighted by Crippen LogP contribution is -2.29. The number of rotatable bonds is 8. The molecule has 2 N–H and O–H groups in total. The van der Waals surface area contributed by atoms with Crippen LogP contribution in [0.25, 0.3) is 0 Å². The van der Waals surface area contributed by atoms with E-state index in [4.69, 9.17) is 0 Å². The second-order valence-corrected chi connectivity index (χ2v) is 7.29. The van der Waals surface area contributed by atoms with Crippen molar-refractivity contribution in [1.82, 2.24) is 10.0 Å². The number of hydrogen-bond donors (Lipinski definition) is 2. The van der Waals surface area contributed by atoms with Gasteiger partial charge in [0.05, 0.1) is 5.75 Å². The van der Waals surface area contributed by atoms with Crippen LogP contribution in [0.2, 0.25) is 0 Å². The van der Waals surface area contributed by atoms with Crippen molar-refractivity contribution in [3.05, 3.63) is 0 Å². The maximum atomic E-state index is 11.6. The molecular weight excluding hydrogens is 224 g/mol. The Hall–Kier alpha value is -0.130. The van der Waals surface area contributed by atoms with E-state index in [1.54, 1.807) is 0 Å². The molecule has 16 heavy (non-hydrogen) atoms. The molecule has 0 aliphatic heterocycles. The highest BCUT2D eigenvalue weighted by Crippen LogP contribution is 2.51. The molecule has 0 amide bonds. The molecule has 0 bridgehead atoms. The van der Waals surface area contributed by atoms with Gasteiger partial charge in [-0.3, -0.25) is 0 Å². The third kappa shape index (κ3) is 4.80. The lowest BCUT2D eigenvalue weighted by molar-refractivity contribution is 0.536. The summed E-state index contributed by atoms with van der Waals surface area (Å²) in [7, 11) is -1.17. The van der Waals surface area contributed by atoms with Crippen LogP contribution >= 0.6 is 0 Å². The van der Waals surface area contributed by atoms with Crippen molar-refractivity contribution < 1.29 is 8.42 Å². The zero-order valence-electron chi connectivity index (χ0n) is 10.5. The standard InChI is InChI=1S/C11H24N2O2S/c1-11(2)8-10(11)9-13-16(14,15)7-5-4-6-12-3/h10,12-13H,4-9H2,1-3H3. The average molecular weight is 248 g/mol. The van der Waals surface area contributed by atoms with Crippen LogP contribution in [0, 0.1) is 11.3 Å². The highest BCUT2D eigenvalue weighted by atomic mass is 32.2. The summed E-state index contributed by atoms with van der Waals surface area (Å²) in [6.45, 7) is 5.85. The smallest absolute Gasteiger partial charge is 0.211 e. The second-order valence-electron chi connectivity index (χ2n) is 5.37. The van der Waals surface area contributed by atoms with Gasteiger partial charge in [0.25, 0.3) is 0 Å². The maximum Gasteiger partial charge on any atom is 0.211 e. The Morgan fingerprint density at radius 3 is 2.44 bits per heavy atom. The van der Waals surface area contributed by atoms with Crippen molar-refractivity contribution in [3.8, 4) is 0 Å². The molecular formula is C11H24N2O2S. The molecule has 4 nitrogen and oxygen atoms in total. The molecule has 0 spiro atoms. The number of unbranched alkanes of at least 4 members (excludes halogenated alkanes) is 1. The first-order valence-corrected chi connectivity index (χ1v) is 7.64. The second kappa shape index (κ2) is 5.47. The van der Waals surface area contributed by atoms with E-state index < -0.39 is 10.0 Å². The number of hydrogen-bond acceptors (Lipinski definition) is 3. The molecule has 0 saturated heterocycles. The van der Waals surface area contributed by atoms with Crippen molar-refractivity contribution in [2.75, 3.05) is 25.9 Å². The summed E-state index contributed by atoms with van der Waals surface area (Å²) >= 11 is 0. The summed E-state index contributed by atoms with van der Waals surface area (Å²) in [5.74, 6) is 0.779. The minimum atomic E-state index is -3.05. The fraction of sp³-hybridized carbons (Fsp3) is 1.00. The van der Waals surface area contributed by atoms with Gasteiger partial charge in [-0.1, -0.05) is 13.8 Å². The van der Waals surface area contributed by atoms with Gasteiger partial charge in [-0.2, -0.15) is 0 Å². The van der Waals surface area contributed by atoms with Gasteiger partial charge in [0.1, 0.15) is 0 Å². The molecule has 0 aromatic heterocycles. The van der Waals surface area contributed by atoms with Crippen LogP contribution in [0.15, 0.2) is 0 Å². The Bertz CT molecular complexity index is 312. The van der Waals surface area contributed by atoms with Crippen molar-refractivity contribution in [1.29, 1.82) is 0 Å². The zero-order chi connectivity index (χ0) is 12.2. The molecule has 0 radical (unpaired) electrons. The molecule has 1 fully saturated rings. The third-order valence-corrected chi connectivity index (χ3v) is 4.79. The quantitative estimate of drug-likeness (QED) is 0.629. The summed E-state index contributed by atoms with van der Waals surface area (Å²) in [6, 6.07) is 0. The van der Waals surface area contributed by atoms with Crippen molar-refractivity contribution in [2.24, 2.45) is 11.3 Å². The van der Waals surface area contributed by atoms with Gasteiger partial charge in [-0.25, -0.2) is 13.1 Å². The monoisotopic (exact) mass is 248 g/mol. The molecule has 1 aliphatic rings. The minimum absolute atomic E-state index is 0.252. The van der Waals surface area contributed by atoms with Crippen molar-refractivity contribution in [3.63, 3.8) is 0 Å². The SMILES string of the molecule is CNCCCCS(=O)(=O)NCC1CC1(C)C. The maximum absolute atomic E-state index is 11.6. The van der Waals surface area contributed by atoms with Crippen LogP contribution in [0.4, 0.5) is 0 Å². The van der Waals surface area contributed by atoms with E-state index >= 15 is 0 Å². The van der Waals surface area contributed by atoms with Crippen molar-refractivity contribution in [2.45, 2.75) is 33.1 Å². The molecule has 0 aromatic carbocycles. The Kier molecular flexibility index (Phi) is 4.76. The molecule has 0 aromatic rings. The number of nitrogens with one attached hydrogen (secondary N) is 2. The van der Waals surface area contributed by atoms with Crippen LogP contribution in [0.5, 0.6) is 0 Å². The summed E-state index contributed by atoms with van der Waals surface area (Å²) in [5, 5.41) is 3.01. The van der Waals surface area contributed by atoms with Gasteiger partial charge >= 0.3 is 0 Å². The van der Waals surface area contributed by atoms with Gasteiger partial charge in [0.2, 0.25) is 10.0 Å². The van der Waals surface area contributed by atoms with E-state index in [9.17, 15) is 8.42 Å². The third-order valence-electron chi connectivity index (χ3n) is 3.36. The first-order chi connectivity index (χ1) is 7.37. The average Bonchev–Trinajstić information content (AvgIpc) is 2.79. The molecule has 5 heteroatoms. The molecule has 1 atom stereocenters. The highest BCUT2D eigenvalue weighted by Gasteiger charge is 2.45. The fourth-order valence-corrected chi connectivity index (χ4v) is 3.00. The minimum Gasteiger partial charge on any atom is -0.320 e. The first kappa shape index (κ1) is 13.9. The van der Waals surface area contributed by atoms with E-state index in [0.29, 0.717) is 17.9 Å². The Balaban J connectivity index is 2.14. The largest absolute Gasteiger partial charge is 0.320 e. The van der Waals surface area contributed by atoms with Crippen LogP contribution in [-0.2, 0) is 10.0 Å². The first-order valence-electron chi connectivity index (χ1n) is 5.99.